The van der Waals surface area contributed by atoms with E-state index in [9.17, 15) is 13.2 Å². The molecule has 0 unspecified atom stereocenters. The zero-order valence-corrected chi connectivity index (χ0v) is 9.59. The molecule has 1 aliphatic carbocycles. The van der Waals surface area contributed by atoms with Crippen LogP contribution in [0.3, 0.4) is 0 Å². The molecule has 0 aromatic carbocycles. The van der Waals surface area contributed by atoms with Crippen LogP contribution in [0.2, 0.25) is 0 Å². The highest BCUT2D eigenvalue weighted by Gasteiger charge is 2.61. The molecule has 2 aliphatic rings. The van der Waals surface area contributed by atoms with Crippen molar-refractivity contribution in [1.29, 1.82) is 0 Å². The Bertz CT molecular complexity index is 456. The van der Waals surface area contributed by atoms with Gasteiger partial charge in [0, 0.05) is 11.8 Å². The first-order valence-corrected chi connectivity index (χ1v) is 5.55. The average molecular weight is 258 g/mol. The maximum absolute atomic E-state index is 13.2. The molecular formula is C12H13F3N2O. The zero-order chi connectivity index (χ0) is 13.4. The second-order valence-corrected chi connectivity index (χ2v) is 4.38. The Hall–Kier alpha value is -1.56. The van der Waals surface area contributed by atoms with Gasteiger partial charge in [-0.1, -0.05) is 25.2 Å². The van der Waals surface area contributed by atoms with E-state index in [2.05, 4.69) is 11.6 Å². The van der Waals surface area contributed by atoms with Crippen LogP contribution in [0.15, 0.2) is 41.1 Å². The third kappa shape index (κ3) is 1.68. The Morgan fingerprint density at radius 3 is 2.50 bits per heavy atom. The van der Waals surface area contributed by atoms with Gasteiger partial charge in [-0.25, -0.2) is 4.99 Å². The molecule has 98 valence electrons. The third-order valence-corrected chi connectivity index (χ3v) is 3.52. The van der Waals surface area contributed by atoms with E-state index in [4.69, 9.17) is 5.21 Å². The summed E-state index contributed by atoms with van der Waals surface area (Å²) in [6, 6.07) is 0. The van der Waals surface area contributed by atoms with Gasteiger partial charge in [0.25, 0.3) is 0 Å². The van der Waals surface area contributed by atoms with Gasteiger partial charge in [0.2, 0.25) is 0 Å². The number of nitrogens with one attached hydrogen (secondary N) is 1. The van der Waals surface area contributed by atoms with Crippen LogP contribution in [0.1, 0.15) is 19.3 Å². The van der Waals surface area contributed by atoms with Crippen molar-refractivity contribution in [3.05, 3.63) is 36.1 Å². The van der Waals surface area contributed by atoms with Crippen LogP contribution in [0.25, 0.3) is 0 Å². The Balaban J connectivity index is 2.41. The number of alkyl halides is 3. The molecule has 2 rings (SSSR count). The number of halogens is 3. The molecule has 0 atom stereocenters. The van der Waals surface area contributed by atoms with E-state index in [-0.39, 0.29) is 29.8 Å². The summed E-state index contributed by atoms with van der Waals surface area (Å²) >= 11 is 0. The molecule has 0 saturated heterocycles. The molecule has 1 saturated carbocycles. The summed E-state index contributed by atoms with van der Waals surface area (Å²) in [4.78, 5) is 3.77. The van der Waals surface area contributed by atoms with Gasteiger partial charge in [0.15, 0.2) is 5.84 Å². The molecule has 18 heavy (non-hydrogen) atoms. The van der Waals surface area contributed by atoms with E-state index in [0.717, 1.165) is 0 Å². The predicted molar refractivity (Wildman–Crippen MR) is 61.1 cm³/mol. The molecule has 2 N–H and O–H groups in total. The number of hydrogen-bond acceptors (Lipinski definition) is 3. The van der Waals surface area contributed by atoms with Gasteiger partial charge in [0.05, 0.1) is 5.41 Å². The molecule has 1 fully saturated rings. The summed E-state index contributed by atoms with van der Waals surface area (Å²) in [7, 11) is 0. The first-order chi connectivity index (χ1) is 8.46. The van der Waals surface area contributed by atoms with E-state index < -0.39 is 11.6 Å². The Morgan fingerprint density at radius 2 is 2.11 bits per heavy atom. The summed E-state index contributed by atoms with van der Waals surface area (Å²) in [6.07, 6.45) is 0.339. The molecule has 6 heteroatoms. The number of nitrogens with zero attached hydrogens (tertiary/aromatic N) is 1. The number of hydrogen-bond donors (Lipinski definition) is 2. The van der Waals surface area contributed by atoms with Crippen molar-refractivity contribution in [2.75, 3.05) is 0 Å². The second-order valence-electron chi connectivity index (χ2n) is 4.38. The van der Waals surface area contributed by atoms with Crippen LogP contribution >= 0.6 is 0 Å². The molecule has 0 aromatic rings. The minimum Gasteiger partial charge on any atom is -0.290 e. The standard InChI is InChI=1S/C12H13F3N2O/c1-2-4-8-9(7-16-10(8)17-18)11(5-3-6-11)12(13,14)15/h2,4,7,18H,1,3,5-6H2,(H,16,17)/b8-4-. The fourth-order valence-electron chi connectivity index (χ4n) is 2.39. The normalized spacial score (nSPS) is 24.3. The minimum atomic E-state index is -4.31. The lowest BCUT2D eigenvalue weighted by Crippen LogP contribution is -2.46. The zero-order valence-electron chi connectivity index (χ0n) is 9.59. The molecule has 0 spiro atoms. The van der Waals surface area contributed by atoms with Gasteiger partial charge in [0.1, 0.15) is 0 Å². The largest absolute Gasteiger partial charge is 0.398 e. The van der Waals surface area contributed by atoms with Crippen LogP contribution < -0.4 is 5.48 Å². The first kappa shape index (κ1) is 12.9. The number of amidine groups is 1. The highest BCUT2D eigenvalue weighted by molar-refractivity contribution is 6.04. The Morgan fingerprint density at radius 1 is 1.44 bits per heavy atom. The van der Waals surface area contributed by atoms with Crippen molar-refractivity contribution in [2.24, 2.45) is 10.4 Å². The summed E-state index contributed by atoms with van der Waals surface area (Å²) < 4.78 is 39.7. The van der Waals surface area contributed by atoms with Crippen LogP contribution in [0.4, 0.5) is 13.2 Å². The van der Waals surface area contributed by atoms with Crippen molar-refractivity contribution >= 4 is 5.84 Å². The molecule has 1 aliphatic heterocycles. The fraction of sp³-hybridized carbons (Fsp3) is 0.417. The molecule has 0 radical (unpaired) electrons. The summed E-state index contributed by atoms with van der Waals surface area (Å²) in [5.74, 6) is 0.0282. The van der Waals surface area contributed by atoms with Gasteiger partial charge < -0.3 is 0 Å². The predicted octanol–water partition coefficient (Wildman–Crippen LogP) is 3.11. The van der Waals surface area contributed by atoms with Crippen LogP contribution in [0, 0.1) is 5.41 Å². The van der Waals surface area contributed by atoms with Crippen molar-refractivity contribution in [3.8, 4) is 0 Å². The Labute approximate surface area is 102 Å². The lowest BCUT2D eigenvalue weighted by atomic mass is 9.62. The van der Waals surface area contributed by atoms with Gasteiger partial charge in [-0.15, -0.1) is 0 Å². The van der Waals surface area contributed by atoms with Crippen LogP contribution in [-0.2, 0) is 0 Å². The van der Waals surface area contributed by atoms with Crippen LogP contribution in [0.5, 0.6) is 0 Å². The number of aliphatic imine (C=N–C) groups is 1. The molecule has 0 aromatic heterocycles. The van der Waals surface area contributed by atoms with E-state index in [1.54, 1.807) is 0 Å². The lowest BCUT2D eigenvalue weighted by molar-refractivity contribution is -0.233. The molecule has 0 amide bonds. The molecular weight excluding hydrogens is 245 g/mol. The SMILES string of the molecule is C=C/C=C1/C(C2(C(F)(F)F)CCC2)=CN=C1NO. The first-order valence-electron chi connectivity index (χ1n) is 5.55. The fourth-order valence-corrected chi connectivity index (χ4v) is 2.39. The van der Waals surface area contributed by atoms with Gasteiger partial charge in [-0.05, 0) is 18.4 Å². The summed E-state index contributed by atoms with van der Waals surface area (Å²) in [5, 5.41) is 8.87. The topological polar surface area (TPSA) is 44.6 Å². The monoisotopic (exact) mass is 258 g/mol. The smallest absolute Gasteiger partial charge is 0.290 e. The molecule has 3 nitrogen and oxygen atoms in total. The second kappa shape index (κ2) is 4.28. The van der Waals surface area contributed by atoms with Crippen molar-refractivity contribution in [1.82, 2.24) is 5.48 Å². The summed E-state index contributed by atoms with van der Waals surface area (Å²) in [5.41, 5.74) is 0.349. The van der Waals surface area contributed by atoms with Crippen molar-refractivity contribution in [2.45, 2.75) is 25.4 Å². The maximum Gasteiger partial charge on any atom is 0.398 e. The Kier molecular flexibility index (Phi) is 3.06. The maximum atomic E-state index is 13.2. The van der Waals surface area contributed by atoms with E-state index >= 15 is 0 Å². The summed E-state index contributed by atoms with van der Waals surface area (Å²) in [6.45, 7) is 3.47. The van der Waals surface area contributed by atoms with Gasteiger partial charge in [-0.2, -0.15) is 13.2 Å². The van der Waals surface area contributed by atoms with Gasteiger partial charge >= 0.3 is 6.18 Å². The molecule has 0 bridgehead atoms. The van der Waals surface area contributed by atoms with Crippen LogP contribution in [-0.4, -0.2) is 17.2 Å². The molecule has 1 heterocycles. The quantitative estimate of drug-likeness (QED) is 0.747. The lowest BCUT2D eigenvalue weighted by Gasteiger charge is -2.44. The van der Waals surface area contributed by atoms with E-state index in [1.165, 1.54) is 18.4 Å². The number of hydroxylamine groups is 1. The minimum absolute atomic E-state index is 0.0282. The van der Waals surface area contributed by atoms with E-state index in [1.807, 2.05) is 5.48 Å². The van der Waals surface area contributed by atoms with Crippen molar-refractivity contribution in [3.63, 3.8) is 0 Å². The number of allylic oxidation sites excluding steroid dienone is 2. The average Bonchev–Trinajstić information content (AvgIpc) is 2.59. The van der Waals surface area contributed by atoms with Gasteiger partial charge in [-0.3, -0.25) is 10.7 Å². The van der Waals surface area contributed by atoms with E-state index in [0.29, 0.717) is 6.42 Å². The number of rotatable bonds is 2. The highest BCUT2D eigenvalue weighted by Crippen LogP contribution is 2.59. The van der Waals surface area contributed by atoms with Crippen molar-refractivity contribution < 1.29 is 18.4 Å². The highest BCUT2D eigenvalue weighted by atomic mass is 19.4. The third-order valence-electron chi connectivity index (χ3n) is 3.52.